The molecule has 0 radical (unpaired) electrons. The van der Waals surface area contributed by atoms with Crippen LogP contribution in [0, 0.1) is 0 Å². The molecule has 1 heterocycles. The highest BCUT2D eigenvalue weighted by Gasteiger charge is 2.27. The highest BCUT2D eigenvalue weighted by Crippen LogP contribution is 2.16. The van der Waals surface area contributed by atoms with Gasteiger partial charge in [0.2, 0.25) is 5.91 Å². The van der Waals surface area contributed by atoms with Gasteiger partial charge in [-0.25, -0.2) is 0 Å². The minimum Gasteiger partial charge on any atom is -0.368 e. The maximum atomic E-state index is 11.4. The van der Waals surface area contributed by atoms with E-state index in [-0.39, 0.29) is 5.91 Å². The van der Waals surface area contributed by atoms with Gasteiger partial charge in [-0.15, -0.1) is 0 Å². The van der Waals surface area contributed by atoms with Gasteiger partial charge < -0.3 is 11.1 Å². The Balaban J connectivity index is 1.89. The van der Waals surface area contributed by atoms with Crippen LogP contribution in [0.5, 0.6) is 0 Å². The summed E-state index contributed by atoms with van der Waals surface area (Å²) in [5.41, 5.74) is 5.95. The topological polar surface area (TPSA) is 72.9 Å². The summed E-state index contributed by atoms with van der Waals surface area (Å²) in [6, 6.07) is 8.17. The lowest BCUT2D eigenvalue weighted by atomic mass is 9.94. The summed E-state index contributed by atoms with van der Waals surface area (Å²) in [7, 11) is 1.77. The molecule has 0 fully saturated rings. The van der Waals surface area contributed by atoms with Crippen LogP contribution < -0.4 is 11.1 Å². The molecule has 0 aliphatic carbocycles. The Kier molecular flexibility index (Phi) is 4.39. The quantitative estimate of drug-likeness (QED) is 0.754. The molecule has 5 nitrogen and oxygen atoms in total. The Morgan fingerprint density at radius 1 is 1.40 bits per heavy atom. The smallest absolute Gasteiger partial charge is 0.237 e. The molecule has 0 saturated carbocycles. The molecule has 1 amide bonds. The van der Waals surface area contributed by atoms with Gasteiger partial charge in [0.1, 0.15) is 0 Å². The third-order valence-electron chi connectivity index (χ3n) is 3.94. The summed E-state index contributed by atoms with van der Waals surface area (Å²) in [5.74, 6) is -0.301. The first kappa shape index (κ1) is 14.5. The second-order valence-electron chi connectivity index (χ2n) is 5.33. The summed E-state index contributed by atoms with van der Waals surface area (Å²) in [6.07, 6.45) is 4.51. The van der Waals surface area contributed by atoms with Gasteiger partial charge in [0.25, 0.3) is 0 Å². The van der Waals surface area contributed by atoms with Crippen LogP contribution in [0.4, 0.5) is 0 Å². The fourth-order valence-electron chi connectivity index (χ4n) is 2.32. The van der Waals surface area contributed by atoms with Crippen LogP contribution in [0.1, 0.15) is 26.2 Å². The Hall–Kier alpha value is -1.88. The predicted molar refractivity (Wildman–Crippen MR) is 80.2 cm³/mol. The number of hydrogen-bond donors (Lipinski definition) is 2. The SMILES string of the molecule is CNC(C)(CCCCn1ncc2ccccc21)C(N)=O. The lowest BCUT2D eigenvalue weighted by molar-refractivity contribution is -0.123. The van der Waals surface area contributed by atoms with Crippen molar-refractivity contribution in [3.63, 3.8) is 0 Å². The van der Waals surface area contributed by atoms with Crippen molar-refractivity contribution >= 4 is 16.8 Å². The normalized spacial score (nSPS) is 14.3. The molecule has 0 saturated heterocycles. The number of aromatic nitrogens is 2. The van der Waals surface area contributed by atoms with E-state index >= 15 is 0 Å². The Bertz CT molecular complexity index is 592. The number of nitrogens with one attached hydrogen (secondary N) is 1. The zero-order valence-corrected chi connectivity index (χ0v) is 12.1. The van der Waals surface area contributed by atoms with Gasteiger partial charge in [-0.05, 0) is 39.3 Å². The van der Waals surface area contributed by atoms with Crippen LogP contribution in [0.25, 0.3) is 10.9 Å². The third-order valence-corrected chi connectivity index (χ3v) is 3.94. The lowest BCUT2D eigenvalue weighted by Crippen LogP contribution is -2.51. The van der Waals surface area contributed by atoms with Crippen molar-refractivity contribution in [2.45, 2.75) is 38.3 Å². The average molecular weight is 274 g/mol. The number of likely N-dealkylation sites (N-methyl/N-ethyl adjacent to an activating group) is 1. The summed E-state index contributed by atoms with van der Waals surface area (Å²) in [6.45, 7) is 2.70. The number of aryl methyl sites for hydroxylation is 1. The van der Waals surface area contributed by atoms with Crippen molar-refractivity contribution in [3.8, 4) is 0 Å². The van der Waals surface area contributed by atoms with Crippen LogP contribution in [-0.4, -0.2) is 28.3 Å². The highest BCUT2D eigenvalue weighted by atomic mass is 16.1. The third kappa shape index (κ3) is 2.99. The van der Waals surface area contributed by atoms with Gasteiger partial charge in [-0.1, -0.05) is 18.2 Å². The molecule has 20 heavy (non-hydrogen) atoms. The van der Waals surface area contributed by atoms with Crippen molar-refractivity contribution in [2.75, 3.05) is 7.05 Å². The Morgan fingerprint density at radius 3 is 2.85 bits per heavy atom. The molecule has 1 atom stereocenters. The first-order valence-electron chi connectivity index (χ1n) is 6.96. The van der Waals surface area contributed by atoms with Gasteiger partial charge in [0.05, 0.1) is 17.3 Å². The molecule has 3 N–H and O–H groups in total. The maximum absolute atomic E-state index is 11.4. The van der Waals surface area contributed by atoms with Gasteiger partial charge in [0.15, 0.2) is 0 Å². The molecule has 2 rings (SSSR count). The first-order valence-corrected chi connectivity index (χ1v) is 6.96. The van der Waals surface area contributed by atoms with E-state index in [1.807, 2.05) is 29.9 Å². The summed E-state index contributed by atoms with van der Waals surface area (Å²) >= 11 is 0. The molecule has 0 aliphatic rings. The molecule has 0 aliphatic heterocycles. The summed E-state index contributed by atoms with van der Waals surface area (Å²) in [5, 5.41) is 8.56. The second-order valence-corrected chi connectivity index (χ2v) is 5.33. The van der Waals surface area contributed by atoms with E-state index in [4.69, 9.17) is 5.73 Å². The van der Waals surface area contributed by atoms with E-state index in [1.165, 1.54) is 0 Å². The molecule has 0 spiro atoms. The average Bonchev–Trinajstić information content (AvgIpc) is 2.86. The molecular weight excluding hydrogens is 252 g/mol. The monoisotopic (exact) mass is 274 g/mol. The van der Waals surface area contributed by atoms with Crippen molar-refractivity contribution in [1.29, 1.82) is 0 Å². The maximum Gasteiger partial charge on any atom is 0.237 e. The number of rotatable bonds is 7. The van der Waals surface area contributed by atoms with Gasteiger partial charge in [0, 0.05) is 11.9 Å². The molecule has 5 heteroatoms. The first-order chi connectivity index (χ1) is 9.57. The van der Waals surface area contributed by atoms with Crippen LogP contribution in [0.2, 0.25) is 0 Å². The number of benzene rings is 1. The van der Waals surface area contributed by atoms with E-state index in [9.17, 15) is 4.79 Å². The highest BCUT2D eigenvalue weighted by molar-refractivity contribution is 5.84. The van der Waals surface area contributed by atoms with E-state index < -0.39 is 5.54 Å². The van der Waals surface area contributed by atoms with Gasteiger partial charge in [-0.2, -0.15) is 5.10 Å². The number of amides is 1. The number of fused-ring (bicyclic) bond motifs is 1. The van der Waals surface area contributed by atoms with Crippen LogP contribution in [0.3, 0.4) is 0 Å². The van der Waals surface area contributed by atoms with Crippen molar-refractivity contribution in [1.82, 2.24) is 15.1 Å². The van der Waals surface area contributed by atoms with E-state index in [2.05, 4.69) is 22.5 Å². The molecule has 1 unspecified atom stereocenters. The number of carbonyl (C=O) groups excluding carboxylic acids is 1. The number of para-hydroxylation sites is 1. The minimum atomic E-state index is -0.619. The number of primary amides is 1. The molecule has 0 bridgehead atoms. The molecule has 1 aromatic heterocycles. The number of unbranched alkanes of at least 4 members (excludes halogenated alkanes) is 1. The van der Waals surface area contributed by atoms with Crippen molar-refractivity contribution < 1.29 is 4.79 Å². The molecular formula is C15H22N4O. The van der Waals surface area contributed by atoms with Crippen LogP contribution in [0.15, 0.2) is 30.5 Å². The van der Waals surface area contributed by atoms with Crippen molar-refractivity contribution in [3.05, 3.63) is 30.5 Å². The van der Waals surface area contributed by atoms with Gasteiger partial charge >= 0.3 is 0 Å². The molecule has 1 aromatic carbocycles. The largest absolute Gasteiger partial charge is 0.368 e. The number of hydrogen-bond acceptors (Lipinski definition) is 3. The standard InChI is InChI=1S/C15H22N4O/c1-15(17-2,14(16)20)9-5-6-10-19-13-8-4-3-7-12(13)11-18-19/h3-4,7-8,11,17H,5-6,9-10H2,1-2H3,(H2,16,20). The summed E-state index contributed by atoms with van der Waals surface area (Å²) in [4.78, 5) is 11.4. The van der Waals surface area contributed by atoms with Crippen LogP contribution >= 0.6 is 0 Å². The molecule has 108 valence electrons. The minimum absolute atomic E-state index is 0.301. The number of nitrogens with zero attached hydrogens (tertiary/aromatic N) is 2. The fraction of sp³-hybridized carbons (Fsp3) is 0.467. The van der Waals surface area contributed by atoms with Gasteiger partial charge in [-0.3, -0.25) is 9.48 Å². The fourth-order valence-corrected chi connectivity index (χ4v) is 2.32. The Morgan fingerprint density at radius 2 is 2.15 bits per heavy atom. The zero-order valence-electron chi connectivity index (χ0n) is 12.1. The van der Waals surface area contributed by atoms with Crippen molar-refractivity contribution in [2.24, 2.45) is 5.73 Å². The van der Waals surface area contributed by atoms with E-state index in [1.54, 1.807) is 7.05 Å². The van der Waals surface area contributed by atoms with E-state index in [0.29, 0.717) is 0 Å². The number of carbonyl (C=O) groups is 1. The second kappa shape index (κ2) is 6.05. The zero-order chi connectivity index (χ0) is 14.6. The summed E-state index contributed by atoms with van der Waals surface area (Å²) < 4.78 is 2.01. The molecule has 2 aromatic rings. The lowest BCUT2D eigenvalue weighted by Gasteiger charge is -2.25. The predicted octanol–water partition coefficient (Wildman–Crippen LogP) is 1.67. The Labute approximate surface area is 119 Å². The number of nitrogens with two attached hydrogens (primary N) is 1. The van der Waals surface area contributed by atoms with Crippen LogP contribution in [-0.2, 0) is 11.3 Å². The van der Waals surface area contributed by atoms with E-state index in [0.717, 1.165) is 36.7 Å².